The second-order valence-corrected chi connectivity index (χ2v) is 7.00. The predicted octanol–water partition coefficient (Wildman–Crippen LogP) is 0.895. The smallest absolute Gasteiger partial charge is 0.101 e. The summed E-state index contributed by atoms with van der Waals surface area (Å²) in [5, 5.41) is 29.6. The maximum atomic E-state index is 9.94. The summed E-state index contributed by atoms with van der Waals surface area (Å²) in [7, 11) is 0. The first-order chi connectivity index (χ1) is 13.2. The number of hydrogen-bond acceptors (Lipinski definition) is 6. The van der Waals surface area contributed by atoms with E-state index in [2.05, 4.69) is 39.1 Å². The topological polar surface area (TPSA) is 115 Å². The number of nitrogens with zero attached hydrogens (tertiary/aromatic N) is 1. The number of anilines is 1. The second kappa shape index (κ2) is 14.7. The average molecular weight is 414 g/mol. The highest BCUT2D eigenvalue weighted by Gasteiger charge is 2.15. The van der Waals surface area contributed by atoms with Gasteiger partial charge >= 0.3 is 0 Å². The van der Waals surface area contributed by atoms with Crippen molar-refractivity contribution in [2.24, 2.45) is 10.7 Å². The molecule has 0 unspecified atom stereocenters. The van der Waals surface area contributed by atoms with Crippen LogP contribution in [0.5, 0.6) is 0 Å². The van der Waals surface area contributed by atoms with Crippen molar-refractivity contribution in [2.75, 3.05) is 44.6 Å². The summed E-state index contributed by atoms with van der Waals surface area (Å²) in [6, 6.07) is 8.40. The minimum Gasteiger partial charge on any atom is -0.389 e. The van der Waals surface area contributed by atoms with E-state index in [4.69, 9.17) is 5.73 Å². The minimum absolute atomic E-state index is 0. The van der Waals surface area contributed by atoms with Gasteiger partial charge in [0.05, 0.1) is 12.2 Å². The van der Waals surface area contributed by atoms with Gasteiger partial charge in [-0.3, -0.25) is 4.99 Å². The van der Waals surface area contributed by atoms with Crippen LogP contribution in [0.3, 0.4) is 0 Å². The number of halogens is 1. The monoisotopic (exact) mass is 413 g/mol. The van der Waals surface area contributed by atoms with Crippen LogP contribution in [0, 0.1) is 0 Å². The van der Waals surface area contributed by atoms with Gasteiger partial charge in [-0.05, 0) is 56.9 Å². The zero-order chi connectivity index (χ0) is 19.3. The molecular formula is C20H36ClN5O2. The molecule has 160 valence electrons. The standard InChI is InChI=1S/C20H35N5O2.ClH/c21-10-4-11-22-14-18(26)19(27)15-23-12-5-13-24-20-9-3-7-16-6-1-2-8-17(16)25-20;/h1-2,6,8,18-19,22-23,26-27H,3-5,7,9-15,21H2,(H,24,25);1H/t18-,19+;/m1./s1. The number of para-hydroxylation sites is 1. The minimum atomic E-state index is -0.776. The first-order valence-corrected chi connectivity index (χ1v) is 10.1. The molecular weight excluding hydrogens is 378 g/mol. The SMILES string of the molecule is Cl.NCCCNC[C@@H](O)[C@@H](O)CNCCCN=C1CCCc2ccccc2N1. The van der Waals surface area contributed by atoms with Crippen molar-refractivity contribution in [1.29, 1.82) is 0 Å². The molecule has 1 heterocycles. The van der Waals surface area contributed by atoms with Crippen LogP contribution in [0.25, 0.3) is 0 Å². The van der Waals surface area contributed by atoms with Crippen LogP contribution < -0.4 is 21.7 Å². The van der Waals surface area contributed by atoms with E-state index in [1.807, 2.05) is 6.07 Å². The highest BCUT2D eigenvalue weighted by Crippen LogP contribution is 2.21. The Morgan fingerprint density at radius 3 is 2.43 bits per heavy atom. The van der Waals surface area contributed by atoms with Crippen molar-refractivity contribution in [3.05, 3.63) is 29.8 Å². The Morgan fingerprint density at radius 1 is 1.04 bits per heavy atom. The lowest BCUT2D eigenvalue weighted by molar-refractivity contribution is 0.0211. The zero-order valence-electron chi connectivity index (χ0n) is 16.6. The van der Waals surface area contributed by atoms with Crippen LogP contribution in [0.1, 0.15) is 31.2 Å². The van der Waals surface area contributed by atoms with Gasteiger partial charge in [0.1, 0.15) is 5.84 Å². The largest absolute Gasteiger partial charge is 0.389 e. The van der Waals surface area contributed by atoms with Crippen LogP contribution >= 0.6 is 12.4 Å². The molecule has 0 aromatic heterocycles. The Labute approximate surface area is 174 Å². The van der Waals surface area contributed by atoms with Crippen LogP contribution in [0.15, 0.2) is 29.3 Å². The summed E-state index contributed by atoms with van der Waals surface area (Å²) in [6.45, 7) is 3.64. The van der Waals surface area contributed by atoms with E-state index in [1.165, 1.54) is 11.3 Å². The Kier molecular flexibility index (Phi) is 13.1. The van der Waals surface area contributed by atoms with Crippen LogP contribution in [0.4, 0.5) is 5.69 Å². The van der Waals surface area contributed by atoms with E-state index >= 15 is 0 Å². The second-order valence-electron chi connectivity index (χ2n) is 7.00. The molecule has 7 nitrogen and oxygen atoms in total. The van der Waals surface area contributed by atoms with Gasteiger partial charge in [0.25, 0.3) is 0 Å². The van der Waals surface area contributed by atoms with Crippen molar-refractivity contribution in [1.82, 2.24) is 10.6 Å². The van der Waals surface area contributed by atoms with Gasteiger partial charge in [0, 0.05) is 31.7 Å². The molecule has 8 heteroatoms. The Bertz CT molecular complexity index is 573. The van der Waals surface area contributed by atoms with Gasteiger partial charge in [-0.15, -0.1) is 12.4 Å². The number of fused-ring (bicyclic) bond motifs is 1. The summed E-state index contributed by atoms with van der Waals surface area (Å²) in [5.41, 5.74) is 7.94. The number of rotatable bonds is 12. The molecule has 0 radical (unpaired) electrons. The fourth-order valence-corrected chi connectivity index (χ4v) is 3.06. The molecule has 28 heavy (non-hydrogen) atoms. The van der Waals surface area contributed by atoms with Crippen LogP contribution in [-0.4, -0.2) is 67.5 Å². The molecule has 0 aliphatic carbocycles. The number of aliphatic hydroxyl groups is 2. The van der Waals surface area contributed by atoms with Crippen molar-refractivity contribution in [2.45, 2.75) is 44.3 Å². The first kappa shape index (κ1) is 24.8. The van der Waals surface area contributed by atoms with E-state index < -0.39 is 12.2 Å². The van der Waals surface area contributed by atoms with Crippen LogP contribution in [0.2, 0.25) is 0 Å². The molecule has 1 aromatic rings. The summed E-state index contributed by atoms with van der Waals surface area (Å²) in [6.07, 6.45) is 3.39. The summed E-state index contributed by atoms with van der Waals surface area (Å²) >= 11 is 0. The third-order valence-corrected chi connectivity index (χ3v) is 4.68. The number of nitrogens with one attached hydrogen (secondary N) is 3. The molecule has 1 aromatic carbocycles. The van der Waals surface area contributed by atoms with E-state index in [1.54, 1.807) is 0 Å². The molecule has 1 aliphatic heterocycles. The molecule has 0 fully saturated rings. The lowest BCUT2D eigenvalue weighted by Gasteiger charge is -2.18. The van der Waals surface area contributed by atoms with Gasteiger partial charge < -0.3 is 31.9 Å². The predicted molar refractivity (Wildman–Crippen MR) is 119 cm³/mol. The van der Waals surface area contributed by atoms with Gasteiger partial charge in [-0.25, -0.2) is 0 Å². The lowest BCUT2D eigenvalue weighted by atomic mass is 10.1. The van der Waals surface area contributed by atoms with Crippen molar-refractivity contribution in [3.63, 3.8) is 0 Å². The molecule has 0 saturated heterocycles. The molecule has 0 bridgehead atoms. The fourth-order valence-electron chi connectivity index (χ4n) is 3.06. The summed E-state index contributed by atoms with van der Waals surface area (Å²) < 4.78 is 0. The molecule has 1 aliphatic rings. The van der Waals surface area contributed by atoms with Crippen molar-refractivity contribution >= 4 is 23.9 Å². The number of aliphatic hydroxyl groups excluding tert-OH is 2. The van der Waals surface area contributed by atoms with Crippen molar-refractivity contribution in [3.8, 4) is 0 Å². The Morgan fingerprint density at radius 2 is 1.71 bits per heavy atom. The Hall–Kier alpha value is -1.22. The van der Waals surface area contributed by atoms with Crippen molar-refractivity contribution < 1.29 is 10.2 Å². The quantitative estimate of drug-likeness (QED) is 0.284. The van der Waals surface area contributed by atoms with Gasteiger partial charge in [0.15, 0.2) is 0 Å². The third kappa shape index (κ3) is 9.32. The number of aliphatic imine (C=N–C) groups is 1. The maximum Gasteiger partial charge on any atom is 0.101 e. The number of nitrogens with two attached hydrogens (primary N) is 1. The van der Waals surface area contributed by atoms with Gasteiger partial charge in [0.2, 0.25) is 0 Å². The molecule has 7 N–H and O–H groups in total. The van der Waals surface area contributed by atoms with E-state index in [0.29, 0.717) is 19.6 Å². The Balaban J connectivity index is 0.00000392. The van der Waals surface area contributed by atoms with Gasteiger partial charge in [-0.1, -0.05) is 18.2 Å². The highest BCUT2D eigenvalue weighted by atomic mass is 35.5. The van der Waals surface area contributed by atoms with E-state index in [9.17, 15) is 10.2 Å². The first-order valence-electron chi connectivity index (χ1n) is 10.1. The molecule has 0 spiro atoms. The molecule has 2 atom stereocenters. The van der Waals surface area contributed by atoms with Gasteiger partial charge in [-0.2, -0.15) is 0 Å². The van der Waals surface area contributed by atoms with E-state index in [0.717, 1.165) is 57.6 Å². The molecule has 0 saturated carbocycles. The third-order valence-electron chi connectivity index (χ3n) is 4.68. The fraction of sp³-hybridized carbons (Fsp3) is 0.650. The van der Waals surface area contributed by atoms with Crippen LogP contribution in [-0.2, 0) is 6.42 Å². The normalized spacial score (nSPS) is 17.2. The maximum absolute atomic E-state index is 9.94. The summed E-state index contributed by atoms with van der Waals surface area (Å²) in [5.74, 6) is 1.05. The number of hydrogen-bond donors (Lipinski definition) is 6. The lowest BCUT2D eigenvalue weighted by Crippen LogP contribution is -2.42. The highest BCUT2D eigenvalue weighted by molar-refractivity contribution is 5.96. The number of aryl methyl sites for hydroxylation is 1. The average Bonchev–Trinajstić information content (AvgIpc) is 2.89. The number of benzene rings is 1. The zero-order valence-corrected chi connectivity index (χ0v) is 17.4. The van der Waals surface area contributed by atoms with E-state index in [-0.39, 0.29) is 12.4 Å². The molecule has 2 rings (SSSR count). The molecule has 0 amide bonds. The number of amidine groups is 1. The summed E-state index contributed by atoms with van der Waals surface area (Å²) in [4.78, 5) is 4.69.